The van der Waals surface area contributed by atoms with Gasteiger partial charge < -0.3 is 9.30 Å². The monoisotopic (exact) mass is 490 g/mol. The lowest BCUT2D eigenvalue weighted by Crippen LogP contribution is -2.41. The Labute approximate surface area is 198 Å². The third-order valence-electron chi connectivity index (χ3n) is 6.21. The van der Waals surface area contributed by atoms with Crippen LogP contribution in [0.25, 0.3) is 0 Å². The third kappa shape index (κ3) is 4.70. The van der Waals surface area contributed by atoms with Crippen LogP contribution in [0.3, 0.4) is 0 Å². The fraction of sp³-hybridized carbons (Fsp3) is 0.478. The van der Waals surface area contributed by atoms with E-state index in [1.54, 1.807) is 25.2 Å². The summed E-state index contributed by atoms with van der Waals surface area (Å²) in [5.41, 5.74) is 3.52. The molecule has 1 saturated heterocycles. The van der Waals surface area contributed by atoms with Crippen LogP contribution in [-0.2, 0) is 34.3 Å². The Morgan fingerprint density at radius 3 is 2.55 bits per heavy atom. The number of ketones is 1. The smallest absolute Gasteiger partial charge is 0.246 e. The third-order valence-corrected chi connectivity index (χ3v) is 9.30. The minimum atomic E-state index is -3.69. The quantitative estimate of drug-likeness (QED) is 0.453. The van der Waals surface area contributed by atoms with Crippen LogP contribution in [-0.4, -0.2) is 59.2 Å². The molecular weight excluding hydrogens is 460 g/mol. The summed E-state index contributed by atoms with van der Waals surface area (Å²) in [6, 6.07) is 6.09. The van der Waals surface area contributed by atoms with E-state index < -0.39 is 10.0 Å². The zero-order valence-corrected chi connectivity index (χ0v) is 21.1. The van der Waals surface area contributed by atoms with Gasteiger partial charge in [-0.1, -0.05) is 6.07 Å². The first-order valence-electron chi connectivity index (χ1n) is 11.0. The van der Waals surface area contributed by atoms with Crippen molar-refractivity contribution in [1.82, 2.24) is 18.7 Å². The van der Waals surface area contributed by atoms with Gasteiger partial charge in [-0.3, -0.25) is 9.48 Å². The number of sulfonamides is 1. The van der Waals surface area contributed by atoms with Crippen molar-refractivity contribution in [3.05, 3.63) is 56.8 Å². The van der Waals surface area contributed by atoms with E-state index in [-0.39, 0.29) is 17.2 Å². The van der Waals surface area contributed by atoms with Crippen LogP contribution >= 0.6 is 11.3 Å². The molecule has 0 atom stereocenters. The predicted molar refractivity (Wildman–Crippen MR) is 128 cm³/mol. The number of morpholine rings is 1. The van der Waals surface area contributed by atoms with E-state index in [0.717, 1.165) is 24.4 Å². The highest BCUT2D eigenvalue weighted by Gasteiger charge is 2.32. The number of hydrogen-bond donors (Lipinski definition) is 0. The molecule has 0 amide bonds. The van der Waals surface area contributed by atoms with Crippen molar-refractivity contribution < 1.29 is 17.9 Å². The van der Waals surface area contributed by atoms with Gasteiger partial charge >= 0.3 is 0 Å². The second-order valence-corrected chi connectivity index (χ2v) is 11.3. The lowest BCUT2D eigenvalue weighted by molar-refractivity contribution is 0.0730. The van der Waals surface area contributed by atoms with E-state index in [4.69, 9.17) is 4.74 Å². The van der Waals surface area contributed by atoms with Crippen molar-refractivity contribution >= 4 is 27.1 Å². The molecule has 0 saturated carbocycles. The minimum Gasteiger partial charge on any atom is -0.379 e. The summed E-state index contributed by atoms with van der Waals surface area (Å²) in [6.45, 7) is 9.58. The van der Waals surface area contributed by atoms with Gasteiger partial charge in [0.15, 0.2) is 5.78 Å². The van der Waals surface area contributed by atoms with Crippen molar-refractivity contribution in [1.29, 1.82) is 0 Å². The Kier molecular flexibility index (Phi) is 6.90. The largest absolute Gasteiger partial charge is 0.379 e. The molecule has 3 aromatic rings. The lowest BCUT2D eigenvalue weighted by Gasteiger charge is -2.26. The molecule has 0 aliphatic carbocycles. The maximum atomic E-state index is 13.2. The standard InChI is InChI=1S/C23H30N4O4S2/c1-16-14-21(18(3)26(16)8-7-20-6-5-13-32-20)22(28)15-27-19(4)23(17(2)24-27)33(29,30)25-9-11-31-12-10-25/h5-6,13-14H,7-12,15H2,1-4H3. The summed E-state index contributed by atoms with van der Waals surface area (Å²) in [7, 11) is -3.69. The number of aromatic nitrogens is 3. The zero-order valence-electron chi connectivity index (χ0n) is 19.5. The number of aryl methyl sites for hydroxylation is 3. The molecule has 0 aromatic carbocycles. The van der Waals surface area contributed by atoms with E-state index in [0.29, 0.717) is 43.3 Å². The molecule has 8 nitrogen and oxygen atoms in total. The van der Waals surface area contributed by atoms with Crippen molar-refractivity contribution in [3.63, 3.8) is 0 Å². The minimum absolute atomic E-state index is 0.000518. The van der Waals surface area contributed by atoms with Gasteiger partial charge in [0.05, 0.1) is 24.6 Å². The second-order valence-electron chi connectivity index (χ2n) is 8.36. The summed E-state index contributed by atoms with van der Waals surface area (Å²) < 4.78 is 36.8. The topological polar surface area (TPSA) is 86.4 Å². The van der Waals surface area contributed by atoms with Crippen molar-refractivity contribution in [3.8, 4) is 0 Å². The Hall–Kier alpha value is -2.27. The Morgan fingerprint density at radius 1 is 1.15 bits per heavy atom. The molecular formula is C23H30N4O4S2. The van der Waals surface area contributed by atoms with E-state index in [2.05, 4.69) is 21.1 Å². The number of carbonyl (C=O) groups is 1. The molecule has 4 rings (SSSR count). The van der Waals surface area contributed by atoms with Crippen molar-refractivity contribution in [2.45, 2.75) is 52.1 Å². The van der Waals surface area contributed by atoms with Crippen LogP contribution in [0.1, 0.15) is 38.0 Å². The Bertz CT molecular complexity index is 1250. The highest BCUT2D eigenvalue weighted by molar-refractivity contribution is 7.89. The maximum Gasteiger partial charge on any atom is 0.246 e. The summed E-state index contributed by atoms with van der Waals surface area (Å²) in [4.78, 5) is 14.7. The number of rotatable bonds is 8. The summed E-state index contributed by atoms with van der Waals surface area (Å²) >= 11 is 1.73. The SMILES string of the molecule is Cc1nn(CC(=O)c2cc(C)n(CCc3cccs3)c2C)c(C)c1S(=O)(=O)N1CCOCC1. The molecule has 0 radical (unpaired) electrons. The number of nitrogens with zero attached hydrogens (tertiary/aromatic N) is 4. The van der Waals surface area contributed by atoms with Crippen LogP contribution in [0, 0.1) is 27.7 Å². The zero-order chi connectivity index (χ0) is 23.8. The van der Waals surface area contributed by atoms with Gasteiger partial charge in [-0.2, -0.15) is 9.40 Å². The summed E-state index contributed by atoms with van der Waals surface area (Å²) in [5.74, 6) is -0.0774. The van der Waals surface area contributed by atoms with Crippen LogP contribution in [0.4, 0.5) is 0 Å². The lowest BCUT2D eigenvalue weighted by atomic mass is 10.1. The number of ether oxygens (including phenoxy) is 1. The van der Waals surface area contributed by atoms with Crippen molar-refractivity contribution in [2.24, 2.45) is 0 Å². The average Bonchev–Trinajstić information content (AvgIpc) is 3.47. The highest BCUT2D eigenvalue weighted by Crippen LogP contribution is 2.25. The first kappa shape index (κ1) is 23.9. The van der Waals surface area contributed by atoms with Gasteiger partial charge in [0.2, 0.25) is 10.0 Å². The van der Waals surface area contributed by atoms with E-state index >= 15 is 0 Å². The van der Waals surface area contributed by atoms with Gasteiger partial charge in [0.25, 0.3) is 0 Å². The highest BCUT2D eigenvalue weighted by atomic mass is 32.2. The maximum absolute atomic E-state index is 13.2. The van der Waals surface area contributed by atoms with Gasteiger partial charge in [-0.05, 0) is 51.6 Å². The number of hydrogen-bond acceptors (Lipinski definition) is 6. The number of carbonyl (C=O) groups excluding carboxylic acids is 1. The number of thiophene rings is 1. The van der Waals surface area contributed by atoms with E-state index in [9.17, 15) is 13.2 Å². The molecule has 1 aliphatic heterocycles. The van der Waals surface area contributed by atoms with Crippen LogP contribution < -0.4 is 0 Å². The second kappa shape index (κ2) is 9.54. The van der Waals surface area contributed by atoms with Crippen LogP contribution in [0.15, 0.2) is 28.5 Å². The van der Waals surface area contributed by atoms with E-state index in [1.165, 1.54) is 13.9 Å². The molecule has 0 unspecified atom stereocenters. The first-order chi connectivity index (χ1) is 15.7. The molecule has 0 bridgehead atoms. The Balaban J connectivity index is 1.55. The van der Waals surface area contributed by atoms with Crippen molar-refractivity contribution in [2.75, 3.05) is 26.3 Å². The van der Waals surface area contributed by atoms with E-state index in [1.807, 2.05) is 26.0 Å². The number of Topliss-reactive ketones (excluding diaryl/α,β-unsaturated/α-hetero) is 1. The van der Waals surface area contributed by atoms with Gasteiger partial charge in [-0.25, -0.2) is 8.42 Å². The van der Waals surface area contributed by atoms with Gasteiger partial charge in [0, 0.05) is 41.5 Å². The molecule has 10 heteroatoms. The van der Waals surface area contributed by atoms with Crippen LogP contribution in [0.2, 0.25) is 0 Å². The molecule has 1 aliphatic rings. The van der Waals surface area contributed by atoms with Gasteiger partial charge in [0.1, 0.15) is 11.4 Å². The Morgan fingerprint density at radius 2 is 1.88 bits per heavy atom. The first-order valence-corrected chi connectivity index (χ1v) is 13.4. The van der Waals surface area contributed by atoms with Gasteiger partial charge in [-0.15, -0.1) is 11.3 Å². The fourth-order valence-corrected chi connectivity index (χ4v) is 6.93. The fourth-order valence-electron chi connectivity index (χ4n) is 4.45. The average molecular weight is 491 g/mol. The molecule has 33 heavy (non-hydrogen) atoms. The molecule has 178 valence electrons. The van der Waals surface area contributed by atoms with Crippen LogP contribution in [0.5, 0.6) is 0 Å². The summed E-state index contributed by atoms with van der Waals surface area (Å²) in [5, 5.41) is 6.49. The summed E-state index contributed by atoms with van der Waals surface area (Å²) in [6.07, 6.45) is 0.919. The molecule has 0 spiro atoms. The molecule has 4 heterocycles. The predicted octanol–water partition coefficient (Wildman–Crippen LogP) is 3.13. The molecule has 1 fully saturated rings. The normalized spacial score (nSPS) is 15.3. The molecule has 3 aromatic heterocycles. The molecule has 0 N–H and O–H groups in total.